The summed E-state index contributed by atoms with van der Waals surface area (Å²) in [5.41, 5.74) is 5.46. The molecule has 2 heterocycles. The predicted molar refractivity (Wildman–Crippen MR) is 71.3 cm³/mol. The van der Waals surface area contributed by atoms with Crippen LogP contribution in [0.5, 0.6) is 0 Å². The van der Waals surface area contributed by atoms with Crippen molar-refractivity contribution in [3.8, 4) is 0 Å². The molecule has 0 radical (unpaired) electrons. The van der Waals surface area contributed by atoms with E-state index in [1.54, 1.807) is 18.5 Å². The van der Waals surface area contributed by atoms with Gasteiger partial charge in [0.05, 0.1) is 5.84 Å². The molecule has 1 aromatic heterocycles. The fraction of sp³-hybridized carbons (Fsp3) is 0.636. The summed E-state index contributed by atoms with van der Waals surface area (Å²) >= 11 is 0. The van der Waals surface area contributed by atoms with E-state index in [9.17, 15) is 8.42 Å². The summed E-state index contributed by atoms with van der Waals surface area (Å²) in [6.45, 7) is 2.55. The molecule has 2 rings (SSSR count). The van der Waals surface area contributed by atoms with E-state index in [2.05, 4.69) is 4.98 Å². The maximum Gasteiger partial charge on any atom is 0.262 e. The molecule has 7 nitrogen and oxygen atoms in total. The minimum atomic E-state index is -3.52. The first-order valence-electron chi connectivity index (χ1n) is 6.16. The van der Waals surface area contributed by atoms with Crippen LogP contribution in [0.15, 0.2) is 11.2 Å². The summed E-state index contributed by atoms with van der Waals surface area (Å²) in [4.78, 5) is 4.08. The smallest absolute Gasteiger partial charge is 0.262 e. The number of nitrogens with two attached hydrogens (primary N) is 1. The Balaban J connectivity index is 2.16. The van der Waals surface area contributed by atoms with Crippen LogP contribution in [0.3, 0.4) is 0 Å². The van der Waals surface area contributed by atoms with Gasteiger partial charge in [0.2, 0.25) is 0 Å². The molecule has 8 heteroatoms. The van der Waals surface area contributed by atoms with Gasteiger partial charge in [0.1, 0.15) is 5.82 Å². The molecule has 0 unspecified atom stereocenters. The highest BCUT2D eigenvalue weighted by molar-refractivity contribution is 7.89. The average Bonchev–Trinajstić information content (AvgIpc) is 2.70. The molecular weight excluding hydrogens is 266 g/mol. The molecule has 0 aromatic carbocycles. The number of aryl methyl sites for hydroxylation is 2. The number of nitrogens with one attached hydrogen (secondary N) is 1. The second kappa shape index (κ2) is 4.93. The number of piperidine rings is 1. The minimum Gasteiger partial charge on any atom is -0.387 e. The largest absolute Gasteiger partial charge is 0.387 e. The Kier molecular flexibility index (Phi) is 3.64. The number of aromatic nitrogens is 2. The van der Waals surface area contributed by atoms with E-state index >= 15 is 0 Å². The summed E-state index contributed by atoms with van der Waals surface area (Å²) < 4.78 is 27.9. The van der Waals surface area contributed by atoms with E-state index in [1.165, 1.54) is 10.5 Å². The van der Waals surface area contributed by atoms with Crippen LogP contribution in [-0.4, -0.2) is 41.2 Å². The number of imidazole rings is 1. The maximum absolute atomic E-state index is 12.4. The van der Waals surface area contributed by atoms with Gasteiger partial charge in [-0.15, -0.1) is 0 Å². The van der Waals surface area contributed by atoms with Crippen molar-refractivity contribution < 1.29 is 8.42 Å². The summed E-state index contributed by atoms with van der Waals surface area (Å²) in [6, 6.07) is 0. The van der Waals surface area contributed by atoms with Gasteiger partial charge in [-0.3, -0.25) is 5.41 Å². The number of hydrogen-bond donors (Lipinski definition) is 2. The average molecular weight is 285 g/mol. The van der Waals surface area contributed by atoms with Crippen molar-refractivity contribution in [3.05, 3.63) is 12.0 Å². The third-order valence-corrected chi connectivity index (χ3v) is 5.35. The second-order valence-electron chi connectivity index (χ2n) is 4.87. The molecule has 0 spiro atoms. The third-order valence-electron chi connectivity index (χ3n) is 3.58. The van der Waals surface area contributed by atoms with Gasteiger partial charge in [-0.25, -0.2) is 13.4 Å². The zero-order valence-electron chi connectivity index (χ0n) is 11.1. The number of hydrogen-bond acceptors (Lipinski definition) is 4. The summed E-state index contributed by atoms with van der Waals surface area (Å²) in [7, 11) is -1.76. The molecule has 1 saturated heterocycles. The van der Waals surface area contributed by atoms with E-state index < -0.39 is 10.0 Å². The van der Waals surface area contributed by atoms with Gasteiger partial charge >= 0.3 is 0 Å². The number of rotatable bonds is 3. The molecule has 1 aromatic rings. The number of sulfonamides is 1. The van der Waals surface area contributed by atoms with Crippen LogP contribution in [0, 0.1) is 18.3 Å². The van der Waals surface area contributed by atoms with Crippen molar-refractivity contribution in [3.63, 3.8) is 0 Å². The van der Waals surface area contributed by atoms with Crippen molar-refractivity contribution in [2.24, 2.45) is 18.7 Å². The Morgan fingerprint density at radius 1 is 1.47 bits per heavy atom. The molecule has 106 valence electrons. The number of amidine groups is 1. The van der Waals surface area contributed by atoms with Gasteiger partial charge in [0.15, 0.2) is 5.03 Å². The van der Waals surface area contributed by atoms with Crippen molar-refractivity contribution in [2.45, 2.75) is 24.8 Å². The normalized spacial score (nSPS) is 18.6. The van der Waals surface area contributed by atoms with E-state index in [0.29, 0.717) is 31.8 Å². The lowest BCUT2D eigenvalue weighted by Gasteiger charge is -2.29. The summed E-state index contributed by atoms with van der Waals surface area (Å²) in [6.07, 6.45) is 2.72. The highest BCUT2D eigenvalue weighted by Crippen LogP contribution is 2.23. The third kappa shape index (κ3) is 2.64. The van der Waals surface area contributed by atoms with E-state index in [4.69, 9.17) is 11.1 Å². The van der Waals surface area contributed by atoms with Crippen LogP contribution >= 0.6 is 0 Å². The predicted octanol–water partition coefficient (Wildman–Crippen LogP) is 0.0652. The molecular formula is C11H19N5O2S. The van der Waals surface area contributed by atoms with Crippen LogP contribution in [0.25, 0.3) is 0 Å². The molecule has 0 saturated carbocycles. The Labute approximate surface area is 113 Å². The van der Waals surface area contributed by atoms with Crippen molar-refractivity contribution in [1.82, 2.24) is 13.9 Å². The van der Waals surface area contributed by atoms with Crippen LogP contribution in [0.2, 0.25) is 0 Å². The van der Waals surface area contributed by atoms with Gasteiger partial charge in [-0.2, -0.15) is 4.31 Å². The summed E-state index contributed by atoms with van der Waals surface area (Å²) in [5, 5.41) is 7.49. The first-order valence-corrected chi connectivity index (χ1v) is 7.60. The molecule has 0 aliphatic carbocycles. The molecule has 0 atom stereocenters. The van der Waals surface area contributed by atoms with E-state index in [0.717, 1.165) is 0 Å². The topological polar surface area (TPSA) is 105 Å². The Morgan fingerprint density at radius 3 is 2.47 bits per heavy atom. The standard InChI is InChI=1S/C11H19N5O2S/c1-8-14-10(7-15(8)2)19(17,18)16-5-3-9(4-6-16)11(12)13/h7,9H,3-6H2,1-2H3,(H3,12,13). The zero-order valence-corrected chi connectivity index (χ0v) is 11.9. The summed E-state index contributed by atoms with van der Waals surface area (Å²) in [5.74, 6) is 0.805. The van der Waals surface area contributed by atoms with Crippen molar-refractivity contribution in [2.75, 3.05) is 13.1 Å². The zero-order chi connectivity index (χ0) is 14.2. The van der Waals surface area contributed by atoms with Gasteiger partial charge in [-0.05, 0) is 19.8 Å². The lowest BCUT2D eigenvalue weighted by Crippen LogP contribution is -2.41. The molecule has 3 N–H and O–H groups in total. The van der Waals surface area contributed by atoms with Crippen molar-refractivity contribution in [1.29, 1.82) is 5.41 Å². The van der Waals surface area contributed by atoms with Gasteiger partial charge in [-0.1, -0.05) is 0 Å². The Bertz CT molecular complexity index is 565. The lowest BCUT2D eigenvalue weighted by molar-refractivity contribution is 0.314. The van der Waals surface area contributed by atoms with Gasteiger partial charge in [0, 0.05) is 32.3 Å². The highest BCUT2D eigenvalue weighted by Gasteiger charge is 2.31. The Morgan fingerprint density at radius 2 is 2.05 bits per heavy atom. The highest BCUT2D eigenvalue weighted by atomic mass is 32.2. The number of nitrogens with zero attached hydrogens (tertiary/aromatic N) is 3. The first kappa shape index (κ1) is 14.0. The van der Waals surface area contributed by atoms with Crippen LogP contribution in [-0.2, 0) is 17.1 Å². The Hall–Kier alpha value is -1.41. The lowest BCUT2D eigenvalue weighted by atomic mass is 9.97. The van der Waals surface area contributed by atoms with Crippen LogP contribution in [0.1, 0.15) is 18.7 Å². The van der Waals surface area contributed by atoms with Gasteiger partial charge in [0.25, 0.3) is 10.0 Å². The SMILES string of the molecule is Cc1nc(S(=O)(=O)N2CCC(C(=N)N)CC2)cn1C. The fourth-order valence-corrected chi connectivity index (χ4v) is 3.68. The molecule has 19 heavy (non-hydrogen) atoms. The first-order chi connectivity index (χ1) is 8.82. The van der Waals surface area contributed by atoms with Gasteiger partial charge < -0.3 is 10.3 Å². The molecule has 0 amide bonds. The van der Waals surface area contributed by atoms with Crippen LogP contribution < -0.4 is 5.73 Å². The molecule has 1 fully saturated rings. The van der Waals surface area contributed by atoms with E-state index in [-0.39, 0.29) is 16.8 Å². The monoisotopic (exact) mass is 285 g/mol. The molecule has 1 aliphatic heterocycles. The second-order valence-corrected chi connectivity index (χ2v) is 6.76. The molecule has 1 aliphatic rings. The quantitative estimate of drug-likeness (QED) is 0.605. The van der Waals surface area contributed by atoms with E-state index in [1.807, 2.05) is 0 Å². The van der Waals surface area contributed by atoms with Crippen LogP contribution in [0.4, 0.5) is 0 Å². The minimum absolute atomic E-state index is 0.00285. The maximum atomic E-state index is 12.4. The van der Waals surface area contributed by atoms with Crippen molar-refractivity contribution >= 4 is 15.9 Å². The fourth-order valence-electron chi connectivity index (χ4n) is 2.19. The molecule has 0 bridgehead atoms.